The lowest BCUT2D eigenvalue weighted by Crippen LogP contribution is -2.27. The Bertz CT molecular complexity index is 688. The molecule has 0 aliphatic rings. The lowest BCUT2D eigenvalue weighted by molar-refractivity contribution is 0.0936. The van der Waals surface area contributed by atoms with Crippen LogP contribution in [0, 0.1) is 0 Å². The normalized spacial score (nSPS) is 11.7. The first-order valence-electron chi connectivity index (χ1n) is 7.26. The molecule has 2 aromatic rings. The molecule has 4 nitrogen and oxygen atoms in total. The molecule has 0 unspecified atom stereocenters. The molecule has 2 rings (SSSR count). The van der Waals surface area contributed by atoms with Crippen LogP contribution >= 0.6 is 11.8 Å². The van der Waals surface area contributed by atoms with E-state index in [-0.39, 0.29) is 11.9 Å². The molecule has 0 radical (unpaired) electrons. The molecule has 0 saturated carbocycles. The number of methoxy groups -OCH3 is 2. The van der Waals surface area contributed by atoms with Crippen molar-refractivity contribution in [3.8, 4) is 11.5 Å². The van der Waals surface area contributed by atoms with E-state index in [2.05, 4.69) is 5.32 Å². The van der Waals surface area contributed by atoms with E-state index in [1.54, 1.807) is 26.0 Å². The first kappa shape index (κ1) is 17.2. The molecular weight excluding hydrogens is 310 g/mol. The summed E-state index contributed by atoms with van der Waals surface area (Å²) in [7, 11) is 3.23. The van der Waals surface area contributed by atoms with Crippen molar-refractivity contribution in [2.24, 2.45) is 0 Å². The Kier molecular flexibility index (Phi) is 5.93. The lowest BCUT2D eigenvalue weighted by Gasteiger charge is -2.19. The molecule has 0 saturated heterocycles. The second kappa shape index (κ2) is 7.92. The second-order valence-electron chi connectivity index (χ2n) is 5.00. The summed E-state index contributed by atoms with van der Waals surface area (Å²) >= 11 is 1.55. The molecule has 122 valence electrons. The minimum Gasteiger partial charge on any atom is -0.497 e. The molecular formula is C18H21NO3S. The van der Waals surface area contributed by atoms with E-state index in [0.29, 0.717) is 5.56 Å². The predicted octanol–water partition coefficient (Wildman–Crippen LogP) is 3.92. The highest BCUT2D eigenvalue weighted by atomic mass is 32.2. The second-order valence-corrected chi connectivity index (χ2v) is 5.85. The van der Waals surface area contributed by atoms with E-state index < -0.39 is 0 Å². The van der Waals surface area contributed by atoms with Gasteiger partial charge in [-0.2, -0.15) is 0 Å². The van der Waals surface area contributed by atoms with Crippen LogP contribution in [0.2, 0.25) is 0 Å². The van der Waals surface area contributed by atoms with Gasteiger partial charge in [0.15, 0.2) is 0 Å². The summed E-state index contributed by atoms with van der Waals surface area (Å²) in [6, 6.07) is 12.9. The van der Waals surface area contributed by atoms with Gasteiger partial charge >= 0.3 is 0 Å². The SMILES string of the molecule is COc1ccc(OC)c([C@H](C)NC(=O)c2ccccc2SC)c1. The van der Waals surface area contributed by atoms with Gasteiger partial charge < -0.3 is 14.8 Å². The van der Waals surface area contributed by atoms with Crippen molar-refractivity contribution in [2.45, 2.75) is 17.9 Å². The molecule has 0 aliphatic carbocycles. The van der Waals surface area contributed by atoms with E-state index in [9.17, 15) is 4.79 Å². The molecule has 0 fully saturated rings. The molecule has 1 N–H and O–H groups in total. The fraction of sp³-hybridized carbons (Fsp3) is 0.278. The van der Waals surface area contributed by atoms with Crippen LogP contribution in [0.4, 0.5) is 0 Å². The van der Waals surface area contributed by atoms with Crippen molar-refractivity contribution >= 4 is 17.7 Å². The van der Waals surface area contributed by atoms with Gasteiger partial charge in [-0.05, 0) is 43.5 Å². The highest BCUT2D eigenvalue weighted by Crippen LogP contribution is 2.29. The Morgan fingerprint density at radius 1 is 1.13 bits per heavy atom. The average Bonchev–Trinajstić information content (AvgIpc) is 2.60. The molecule has 0 heterocycles. The molecule has 1 atom stereocenters. The Labute approximate surface area is 141 Å². The summed E-state index contributed by atoms with van der Waals surface area (Å²) in [5, 5.41) is 3.03. The number of ether oxygens (including phenoxy) is 2. The Hall–Kier alpha value is -2.14. The van der Waals surface area contributed by atoms with Gasteiger partial charge in [-0.3, -0.25) is 4.79 Å². The molecule has 0 spiro atoms. The van der Waals surface area contributed by atoms with Crippen molar-refractivity contribution in [3.05, 3.63) is 53.6 Å². The fourth-order valence-corrected chi connectivity index (χ4v) is 2.96. The molecule has 1 amide bonds. The Morgan fingerprint density at radius 2 is 1.87 bits per heavy atom. The summed E-state index contributed by atoms with van der Waals surface area (Å²) in [6.45, 7) is 1.93. The zero-order chi connectivity index (χ0) is 16.8. The first-order chi connectivity index (χ1) is 11.1. The third kappa shape index (κ3) is 3.99. The summed E-state index contributed by atoms with van der Waals surface area (Å²) < 4.78 is 10.6. The van der Waals surface area contributed by atoms with Crippen LogP contribution < -0.4 is 14.8 Å². The summed E-state index contributed by atoms with van der Waals surface area (Å²) in [5.74, 6) is 1.34. The topological polar surface area (TPSA) is 47.6 Å². The number of hydrogen-bond acceptors (Lipinski definition) is 4. The molecule has 0 aliphatic heterocycles. The highest BCUT2D eigenvalue weighted by molar-refractivity contribution is 7.98. The van der Waals surface area contributed by atoms with Crippen molar-refractivity contribution in [1.82, 2.24) is 5.32 Å². The molecule has 5 heteroatoms. The van der Waals surface area contributed by atoms with Gasteiger partial charge in [-0.25, -0.2) is 0 Å². The lowest BCUT2D eigenvalue weighted by atomic mass is 10.1. The van der Waals surface area contributed by atoms with Crippen LogP contribution in [-0.4, -0.2) is 26.4 Å². The smallest absolute Gasteiger partial charge is 0.252 e. The maximum Gasteiger partial charge on any atom is 0.252 e. The summed E-state index contributed by atoms with van der Waals surface area (Å²) in [6.07, 6.45) is 1.96. The monoisotopic (exact) mass is 331 g/mol. The van der Waals surface area contributed by atoms with Gasteiger partial charge in [-0.1, -0.05) is 12.1 Å². The summed E-state index contributed by atoms with van der Waals surface area (Å²) in [4.78, 5) is 13.5. The predicted molar refractivity (Wildman–Crippen MR) is 93.7 cm³/mol. The van der Waals surface area contributed by atoms with Gasteiger partial charge in [-0.15, -0.1) is 11.8 Å². The van der Waals surface area contributed by atoms with E-state index in [0.717, 1.165) is 22.0 Å². The number of amides is 1. The Morgan fingerprint density at radius 3 is 2.52 bits per heavy atom. The molecule has 0 bridgehead atoms. The maximum atomic E-state index is 12.6. The molecule has 2 aromatic carbocycles. The average molecular weight is 331 g/mol. The van der Waals surface area contributed by atoms with Gasteiger partial charge in [0.1, 0.15) is 11.5 Å². The largest absolute Gasteiger partial charge is 0.497 e. The minimum absolute atomic E-state index is 0.104. The van der Waals surface area contributed by atoms with Gasteiger partial charge in [0.25, 0.3) is 5.91 Å². The van der Waals surface area contributed by atoms with E-state index in [4.69, 9.17) is 9.47 Å². The van der Waals surface area contributed by atoms with Crippen LogP contribution in [0.5, 0.6) is 11.5 Å². The van der Waals surface area contributed by atoms with Gasteiger partial charge in [0.2, 0.25) is 0 Å². The van der Waals surface area contributed by atoms with Gasteiger partial charge in [0.05, 0.1) is 25.8 Å². The fourth-order valence-electron chi connectivity index (χ4n) is 2.36. The third-order valence-electron chi connectivity index (χ3n) is 3.60. The number of nitrogens with one attached hydrogen (secondary N) is 1. The van der Waals surface area contributed by atoms with Crippen LogP contribution in [0.25, 0.3) is 0 Å². The van der Waals surface area contributed by atoms with Crippen molar-refractivity contribution in [3.63, 3.8) is 0 Å². The standard InChI is InChI=1S/C18H21NO3S/c1-12(15-11-13(21-2)9-10-16(15)22-3)19-18(20)14-7-5-6-8-17(14)23-4/h5-12H,1-4H3,(H,19,20)/t12-/m0/s1. The number of carbonyl (C=O) groups excluding carboxylic acids is 1. The Balaban J connectivity index is 2.24. The van der Waals surface area contributed by atoms with Crippen molar-refractivity contribution in [2.75, 3.05) is 20.5 Å². The highest BCUT2D eigenvalue weighted by Gasteiger charge is 2.17. The molecule has 23 heavy (non-hydrogen) atoms. The van der Waals surface area contributed by atoms with Crippen LogP contribution in [0.1, 0.15) is 28.9 Å². The van der Waals surface area contributed by atoms with Crippen LogP contribution in [0.15, 0.2) is 47.4 Å². The van der Waals surface area contributed by atoms with Crippen LogP contribution in [-0.2, 0) is 0 Å². The maximum absolute atomic E-state index is 12.6. The zero-order valence-corrected chi connectivity index (χ0v) is 14.6. The van der Waals surface area contributed by atoms with Crippen LogP contribution in [0.3, 0.4) is 0 Å². The quantitative estimate of drug-likeness (QED) is 0.815. The zero-order valence-electron chi connectivity index (χ0n) is 13.8. The van der Waals surface area contributed by atoms with E-state index >= 15 is 0 Å². The summed E-state index contributed by atoms with van der Waals surface area (Å²) in [5.41, 5.74) is 1.55. The number of hydrogen-bond donors (Lipinski definition) is 1. The minimum atomic E-state index is -0.206. The third-order valence-corrected chi connectivity index (χ3v) is 4.40. The molecule has 0 aromatic heterocycles. The number of thioether (sulfide) groups is 1. The van der Waals surface area contributed by atoms with E-state index in [1.165, 1.54) is 0 Å². The number of carbonyl (C=O) groups is 1. The van der Waals surface area contributed by atoms with Gasteiger partial charge in [0, 0.05) is 10.5 Å². The van der Waals surface area contributed by atoms with Crippen molar-refractivity contribution < 1.29 is 14.3 Å². The number of benzene rings is 2. The van der Waals surface area contributed by atoms with E-state index in [1.807, 2.05) is 55.6 Å². The van der Waals surface area contributed by atoms with Crippen molar-refractivity contribution in [1.29, 1.82) is 0 Å². The number of rotatable bonds is 6. The first-order valence-corrected chi connectivity index (χ1v) is 8.49.